The van der Waals surface area contributed by atoms with Gasteiger partial charge in [0.2, 0.25) is 10.0 Å². The van der Waals surface area contributed by atoms with Crippen molar-refractivity contribution in [1.29, 1.82) is 0 Å². The minimum Gasteiger partial charge on any atom is -0.383 e. The molecule has 6 nitrogen and oxygen atoms in total. The van der Waals surface area contributed by atoms with Gasteiger partial charge in [-0.25, -0.2) is 8.42 Å². The molecule has 1 aromatic carbocycles. The molecule has 0 spiro atoms. The van der Waals surface area contributed by atoms with Crippen molar-refractivity contribution in [2.75, 3.05) is 43.9 Å². The largest absolute Gasteiger partial charge is 0.416 e. The summed E-state index contributed by atoms with van der Waals surface area (Å²) in [7, 11) is -3.41. The summed E-state index contributed by atoms with van der Waals surface area (Å²) in [5.74, 6) is -0.114. The Kier molecular flexibility index (Phi) is 5.35. The van der Waals surface area contributed by atoms with Gasteiger partial charge in [-0.2, -0.15) is 17.5 Å². The van der Waals surface area contributed by atoms with E-state index in [1.54, 1.807) is 6.07 Å². The van der Waals surface area contributed by atoms with E-state index in [1.807, 2.05) is 0 Å². The van der Waals surface area contributed by atoms with Gasteiger partial charge in [-0.15, -0.1) is 0 Å². The predicted molar refractivity (Wildman–Crippen MR) is 91.4 cm³/mol. The van der Waals surface area contributed by atoms with Gasteiger partial charge >= 0.3 is 6.18 Å². The first-order valence-electron chi connectivity index (χ1n) is 8.03. The zero-order chi connectivity index (χ0) is 18.8. The summed E-state index contributed by atoms with van der Waals surface area (Å²) in [6.07, 6.45) is -3.05. The predicted octanol–water partition coefficient (Wildman–Crippen LogP) is 2.33. The summed E-state index contributed by atoms with van der Waals surface area (Å²) in [5.41, 5.74) is -0.0358. The fraction of sp³-hybridized carbons (Fsp3) is 0.438. The first kappa shape index (κ1) is 18.9. The lowest BCUT2D eigenvalue weighted by molar-refractivity contribution is -0.137. The average Bonchev–Trinajstić information content (AvgIpc) is 2.61. The lowest BCUT2D eigenvalue weighted by Crippen LogP contribution is -2.42. The Bertz CT molecular complexity index is 881. The van der Waals surface area contributed by atoms with E-state index < -0.39 is 21.8 Å². The standard InChI is InChI=1S/C16H18F3N3O3S/c17-16(18,19)12-1-2-13-14(3-4-20-15(13)11-12)21-5-10-26(23,24)22-6-8-25-9-7-22/h1-4,11H,5-10H2,(H,20,21). The van der Waals surface area contributed by atoms with Gasteiger partial charge in [-0.1, -0.05) is 6.07 Å². The molecule has 0 saturated carbocycles. The fourth-order valence-corrected chi connectivity index (χ4v) is 4.07. The maximum atomic E-state index is 12.8. The van der Waals surface area contributed by atoms with Crippen molar-refractivity contribution in [2.45, 2.75) is 6.18 Å². The minimum absolute atomic E-state index is 0.114. The van der Waals surface area contributed by atoms with Crippen molar-refractivity contribution < 1.29 is 26.3 Å². The lowest BCUT2D eigenvalue weighted by atomic mass is 10.1. The molecule has 1 N–H and O–H groups in total. The van der Waals surface area contributed by atoms with Crippen LogP contribution >= 0.6 is 0 Å². The Morgan fingerprint density at radius 2 is 1.92 bits per heavy atom. The van der Waals surface area contributed by atoms with Gasteiger partial charge < -0.3 is 10.1 Å². The molecule has 0 unspecified atom stereocenters. The number of nitrogens with zero attached hydrogens (tertiary/aromatic N) is 2. The summed E-state index contributed by atoms with van der Waals surface area (Å²) < 4.78 is 69.5. The van der Waals surface area contributed by atoms with E-state index in [0.717, 1.165) is 12.1 Å². The van der Waals surface area contributed by atoms with E-state index in [-0.39, 0.29) is 17.8 Å². The Labute approximate surface area is 149 Å². The van der Waals surface area contributed by atoms with Crippen molar-refractivity contribution >= 4 is 26.6 Å². The van der Waals surface area contributed by atoms with Gasteiger partial charge in [0.05, 0.1) is 30.0 Å². The summed E-state index contributed by atoms with van der Waals surface area (Å²) in [6.45, 7) is 1.56. The number of morpholine rings is 1. The highest BCUT2D eigenvalue weighted by Crippen LogP contribution is 2.32. The van der Waals surface area contributed by atoms with Gasteiger partial charge in [-0.3, -0.25) is 4.98 Å². The summed E-state index contributed by atoms with van der Waals surface area (Å²) in [5, 5.41) is 3.49. The molecular weight excluding hydrogens is 371 g/mol. The number of ether oxygens (including phenoxy) is 1. The number of sulfonamides is 1. The molecule has 10 heteroatoms. The summed E-state index contributed by atoms with van der Waals surface area (Å²) >= 11 is 0. The maximum absolute atomic E-state index is 12.8. The normalized spacial score (nSPS) is 16.7. The van der Waals surface area contributed by atoms with E-state index in [4.69, 9.17) is 4.74 Å². The van der Waals surface area contributed by atoms with Crippen LogP contribution in [0.15, 0.2) is 30.5 Å². The summed E-state index contributed by atoms with van der Waals surface area (Å²) in [6, 6.07) is 4.91. The van der Waals surface area contributed by atoms with E-state index in [1.165, 1.54) is 16.6 Å². The average molecular weight is 389 g/mol. The van der Waals surface area contributed by atoms with Crippen molar-refractivity contribution in [3.05, 3.63) is 36.0 Å². The topological polar surface area (TPSA) is 71.5 Å². The van der Waals surface area contributed by atoms with Crippen molar-refractivity contribution in [3.8, 4) is 0 Å². The highest BCUT2D eigenvalue weighted by Gasteiger charge is 2.30. The highest BCUT2D eigenvalue weighted by molar-refractivity contribution is 7.89. The second-order valence-electron chi connectivity index (χ2n) is 5.84. The molecule has 0 radical (unpaired) electrons. The van der Waals surface area contributed by atoms with Crippen LogP contribution in [0.1, 0.15) is 5.56 Å². The van der Waals surface area contributed by atoms with Gasteiger partial charge in [0.15, 0.2) is 0 Å². The van der Waals surface area contributed by atoms with Gasteiger partial charge in [0, 0.05) is 36.9 Å². The van der Waals surface area contributed by atoms with Crippen LogP contribution in [0.4, 0.5) is 18.9 Å². The van der Waals surface area contributed by atoms with E-state index in [0.29, 0.717) is 37.4 Å². The molecule has 3 rings (SSSR count). The molecule has 0 atom stereocenters. The number of aromatic nitrogens is 1. The van der Waals surface area contributed by atoms with Crippen LogP contribution in [0.25, 0.3) is 10.9 Å². The number of fused-ring (bicyclic) bond motifs is 1. The zero-order valence-corrected chi connectivity index (χ0v) is 14.6. The third-order valence-corrected chi connectivity index (χ3v) is 5.98. The molecule has 0 amide bonds. The quantitative estimate of drug-likeness (QED) is 0.850. The smallest absolute Gasteiger partial charge is 0.383 e. The Hall–Kier alpha value is -1.91. The molecule has 142 valence electrons. The molecular formula is C16H18F3N3O3S. The van der Waals surface area contributed by atoms with Crippen LogP contribution in [0, 0.1) is 0 Å². The van der Waals surface area contributed by atoms with Crippen molar-refractivity contribution in [2.24, 2.45) is 0 Å². The van der Waals surface area contributed by atoms with Crippen LogP contribution in [0.2, 0.25) is 0 Å². The lowest BCUT2D eigenvalue weighted by Gasteiger charge is -2.26. The third-order valence-electron chi connectivity index (χ3n) is 4.11. The Morgan fingerprint density at radius 3 is 2.62 bits per heavy atom. The molecule has 0 aliphatic carbocycles. The summed E-state index contributed by atoms with van der Waals surface area (Å²) in [4.78, 5) is 3.97. The van der Waals surface area contributed by atoms with Crippen LogP contribution < -0.4 is 5.32 Å². The highest BCUT2D eigenvalue weighted by atomic mass is 32.2. The number of pyridine rings is 1. The molecule has 0 bridgehead atoms. The monoisotopic (exact) mass is 389 g/mol. The number of halogens is 3. The molecule has 2 heterocycles. The van der Waals surface area contributed by atoms with Crippen LogP contribution in [-0.2, 0) is 20.9 Å². The first-order valence-corrected chi connectivity index (χ1v) is 9.64. The number of benzene rings is 1. The SMILES string of the molecule is O=S(=O)(CCNc1ccnc2cc(C(F)(F)F)ccc12)N1CCOCC1. The maximum Gasteiger partial charge on any atom is 0.416 e. The number of hydrogen-bond donors (Lipinski definition) is 1. The van der Waals surface area contributed by atoms with Crippen LogP contribution in [0.3, 0.4) is 0 Å². The van der Waals surface area contributed by atoms with Crippen LogP contribution in [0.5, 0.6) is 0 Å². The first-order chi connectivity index (χ1) is 12.3. The van der Waals surface area contributed by atoms with Crippen LogP contribution in [-0.4, -0.2) is 56.3 Å². The number of hydrogen-bond acceptors (Lipinski definition) is 5. The fourth-order valence-electron chi connectivity index (χ4n) is 2.75. The molecule has 1 fully saturated rings. The Morgan fingerprint density at radius 1 is 1.19 bits per heavy atom. The minimum atomic E-state index is -4.44. The van der Waals surface area contributed by atoms with Gasteiger partial charge in [-0.05, 0) is 18.2 Å². The number of rotatable bonds is 5. The second kappa shape index (κ2) is 7.37. The molecule has 26 heavy (non-hydrogen) atoms. The number of anilines is 1. The van der Waals surface area contributed by atoms with Gasteiger partial charge in [0.1, 0.15) is 0 Å². The molecule has 1 aliphatic heterocycles. The number of nitrogens with one attached hydrogen (secondary N) is 1. The Balaban J connectivity index is 1.71. The third kappa shape index (κ3) is 4.25. The van der Waals surface area contributed by atoms with Crippen molar-refractivity contribution in [3.63, 3.8) is 0 Å². The van der Waals surface area contributed by atoms with E-state index in [9.17, 15) is 21.6 Å². The molecule has 2 aromatic rings. The molecule has 1 saturated heterocycles. The molecule has 1 aliphatic rings. The molecule has 1 aromatic heterocycles. The van der Waals surface area contributed by atoms with Crippen molar-refractivity contribution in [1.82, 2.24) is 9.29 Å². The second-order valence-corrected chi connectivity index (χ2v) is 7.93. The van der Waals surface area contributed by atoms with E-state index in [2.05, 4.69) is 10.3 Å². The van der Waals surface area contributed by atoms with Gasteiger partial charge in [0.25, 0.3) is 0 Å². The number of alkyl halides is 3. The zero-order valence-electron chi connectivity index (χ0n) is 13.8. The van der Waals surface area contributed by atoms with E-state index >= 15 is 0 Å².